The van der Waals surface area contributed by atoms with Gasteiger partial charge >= 0.3 is 12.9 Å². The summed E-state index contributed by atoms with van der Waals surface area (Å²) in [5.74, 6) is -0.751. The lowest BCUT2D eigenvalue weighted by molar-refractivity contribution is 0.00696. The van der Waals surface area contributed by atoms with Crippen molar-refractivity contribution in [3.8, 4) is 0 Å². The molecule has 0 radical (unpaired) electrons. The van der Waals surface area contributed by atoms with Gasteiger partial charge in [0.15, 0.2) is 0 Å². The second-order valence-corrected chi connectivity index (χ2v) is 4.70. The fourth-order valence-corrected chi connectivity index (χ4v) is 1.21. The predicted octanol–water partition coefficient (Wildman–Crippen LogP) is 2.70. The van der Waals surface area contributed by atoms with E-state index in [9.17, 15) is 17.7 Å². The summed E-state index contributed by atoms with van der Waals surface area (Å²) in [4.78, 5) is 11.6. The highest BCUT2D eigenvalue weighted by molar-refractivity contribution is 6.73. The van der Waals surface area contributed by atoms with Gasteiger partial charge in [-0.15, -0.1) is 5.46 Å². The van der Waals surface area contributed by atoms with Crippen LogP contribution in [0.4, 0.5) is 12.9 Å². The molecule has 1 aromatic carbocycles. The van der Waals surface area contributed by atoms with Gasteiger partial charge in [0, 0.05) is 0 Å². The van der Waals surface area contributed by atoms with Gasteiger partial charge in [-0.3, -0.25) is 0 Å². The van der Waals surface area contributed by atoms with Crippen LogP contribution in [0.2, 0.25) is 0 Å². The molecule has 94 valence electrons. The minimum atomic E-state index is -5.10. The zero-order valence-electron chi connectivity index (χ0n) is 9.84. The molecule has 0 atom stereocenters. The summed E-state index contributed by atoms with van der Waals surface area (Å²) < 4.78 is 42.4. The normalized spacial score (nSPS) is 12.4. The van der Waals surface area contributed by atoms with Crippen LogP contribution in [0, 0.1) is 0 Å². The number of rotatable bonds is 2. The molecule has 17 heavy (non-hydrogen) atoms. The summed E-state index contributed by atoms with van der Waals surface area (Å²) >= 11 is 0. The van der Waals surface area contributed by atoms with Crippen molar-refractivity contribution >= 4 is 18.4 Å². The molecule has 6 heteroatoms. The summed E-state index contributed by atoms with van der Waals surface area (Å²) in [7, 11) is 0. The fraction of sp³-hybridized carbons (Fsp3) is 0.364. The van der Waals surface area contributed by atoms with Gasteiger partial charge in [-0.05, 0) is 26.8 Å². The Balaban J connectivity index is 2.97. The molecule has 0 saturated heterocycles. The van der Waals surface area contributed by atoms with Crippen LogP contribution < -0.4 is 5.46 Å². The van der Waals surface area contributed by atoms with Gasteiger partial charge < -0.3 is 17.7 Å². The van der Waals surface area contributed by atoms with Crippen LogP contribution in [-0.4, -0.2) is 18.5 Å². The van der Waals surface area contributed by atoms with Crippen LogP contribution in [0.15, 0.2) is 24.3 Å². The maximum atomic E-state index is 12.5. The topological polar surface area (TPSA) is 26.3 Å². The molecular weight excluding hydrogens is 232 g/mol. The Morgan fingerprint density at radius 2 is 1.82 bits per heavy atom. The number of carbonyl (C=O) groups excluding carboxylic acids is 1. The average Bonchev–Trinajstić information content (AvgIpc) is 2.14. The van der Waals surface area contributed by atoms with Crippen LogP contribution >= 0.6 is 0 Å². The van der Waals surface area contributed by atoms with E-state index in [1.165, 1.54) is 12.1 Å². The van der Waals surface area contributed by atoms with E-state index in [2.05, 4.69) is 0 Å². The highest BCUT2D eigenvalue weighted by Crippen LogP contribution is 2.14. The van der Waals surface area contributed by atoms with Crippen LogP contribution in [-0.2, 0) is 4.74 Å². The molecule has 1 rings (SSSR count). The van der Waals surface area contributed by atoms with Gasteiger partial charge in [0.2, 0.25) is 0 Å². The minimum absolute atomic E-state index is 0.0865. The number of carbonyl (C=O) groups is 1. The molecule has 1 aromatic rings. The zero-order valence-corrected chi connectivity index (χ0v) is 9.84. The zero-order chi connectivity index (χ0) is 13.3. The minimum Gasteiger partial charge on any atom is -0.456 e. The summed E-state index contributed by atoms with van der Waals surface area (Å²) in [6.45, 7) is -0.132. The third kappa shape index (κ3) is 4.13. The van der Waals surface area contributed by atoms with Crippen molar-refractivity contribution in [2.45, 2.75) is 26.4 Å². The van der Waals surface area contributed by atoms with Crippen LogP contribution in [0.5, 0.6) is 0 Å². The summed E-state index contributed by atoms with van der Waals surface area (Å²) in [5, 5.41) is 0. The van der Waals surface area contributed by atoms with Crippen molar-refractivity contribution in [2.24, 2.45) is 0 Å². The Morgan fingerprint density at radius 1 is 1.24 bits per heavy atom. The fourth-order valence-electron chi connectivity index (χ4n) is 1.21. The Hall–Kier alpha value is -1.46. The third-order valence-electron chi connectivity index (χ3n) is 1.90. The first-order chi connectivity index (χ1) is 7.59. The van der Waals surface area contributed by atoms with Gasteiger partial charge in [-0.1, -0.05) is 18.2 Å². The smallest absolute Gasteiger partial charge is 0.456 e. The third-order valence-corrected chi connectivity index (χ3v) is 1.90. The number of ether oxygens (including phenoxy) is 1. The van der Waals surface area contributed by atoms with E-state index in [1.54, 1.807) is 20.8 Å². The SMILES string of the molecule is CC(C)(C)OC(=O)c1cccc([B-](F)(F)F)c1. The van der Waals surface area contributed by atoms with Crippen molar-refractivity contribution in [1.82, 2.24) is 0 Å². The van der Waals surface area contributed by atoms with Crippen LogP contribution in [0.25, 0.3) is 0 Å². The summed E-state index contributed by atoms with van der Waals surface area (Å²) in [6, 6.07) is 4.26. The summed E-state index contributed by atoms with van der Waals surface area (Å²) in [6.07, 6.45) is 0. The van der Waals surface area contributed by atoms with Crippen molar-refractivity contribution in [3.05, 3.63) is 29.8 Å². The van der Waals surface area contributed by atoms with E-state index >= 15 is 0 Å². The van der Waals surface area contributed by atoms with E-state index < -0.39 is 24.0 Å². The average molecular weight is 245 g/mol. The Morgan fingerprint density at radius 3 is 2.29 bits per heavy atom. The van der Waals surface area contributed by atoms with Crippen LogP contribution in [0.1, 0.15) is 31.1 Å². The number of benzene rings is 1. The highest BCUT2D eigenvalue weighted by Gasteiger charge is 2.26. The van der Waals surface area contributed by atoms with Gasteiger partial charge in [0.1, 0.15) is 5.60 Å². The van der Waals surface area contributed by atoms with Crippen molar-refractivity contribution < 1.29 is 22.5 Å². The maximum Gasteiger partial charge on any atom is 0.509 e. The Kier molecular flexibility index (Phi) is 3.55. The second kappa shape index (κ2) is 4.43. The van der Waals surface area contributed by atoms with Gasteiger partial charge in [0.05, 0.1) is 5.56 Å². The standard InChI is InChI=1S/C11H13BF3O2/c1-11(2,3)17-10(16)8-5-4-6-9(7-8)12(13,14)15/h4-7H,1-3H3/q-1. The molecule has 0 saturated carbocycles. The largest absolute Gasteiger partial charge is 0.509 e. The lowest BCUT2D eigenvalue weighted by Crippen LogP contribution is -2.34. The van der Waals surface area contributed by atoms with E-state index in [0.717, 1.165) is 12.1 Å². The first-order valence-electron chi connectivity index (χ1n) is 5.13. The van der Waals surface area contributed by atoms with E-state index in [4.69, 9.17) is 4.74 Å². The summed E-state index contributed by atoms with van der Waals surface area (Å²) in [5.41, 5.74) is -1.61. The predicted molar refractivity (Wildman–Crippen MR) is 60.3 cm³/mol. The Labute approximate surface area is 97.8 Å². The molecule has 0 aromatic heterocycles. The van der Waals surface area contributed by atoms with Gasteiger partial charge in [0.25, 0.3) is 0 Å². The maximum absolute atomic E-state index is 12.5. The van der Waals surface area contributed by atoms with Crippen molar-refractivity contribution in [2.75, 3.05) is 0 Å². The van der Waals surface area contributed by atoms with E-state index in [-0.39, 0.29) is 5.56 Å². The van der Waals surface area contributed by atoms with Crippen molar-refractivity contribution in [1.29, 1.82) is 0 Å². The molecule has 0 fully saturated rings. The van der Waals surface area contributed by atoms with Gasteiger partial charge in [-0.25, -0.2) is 4.79 Å². The first kappa shape index (κ1) is 13.6. The molecule has 0 spiro atoms. The quantitative estimate of drug-likeness (QED) is 0.591. The molecule has 0 aliphatic heterocycles. The molecule has 0 bridgehead atoms. The Bertz CT molecular complexity index is 421. The molecule has 0 amide bonds. The van der Waals surface area contributed by atoms with E-state index in [1.807, 2.05) is 0 Å². The molecule has 0 N–H and O–H groups in total. The number of hydrogen-bond donors (Lipinski definition) is 0. The van der Waals surface area contributed by atoms with Gasteiger partial charge in [-0.2, -0.15) is 0 Å². The lowest BCUT2D eigenvalue weighted by Gasteiger charge is -2.20. The number of halogens is 3. The molecular formula is C11H13BF3O2-. The van der Waals surface area contributed by atoms with Crippen LogP contribution in [0.3, 0.4) is 0 Å². The molecule has 0 aliphatic rings. The lowest BCUT2D eigenvalue weighted by atomic mass is 9.79. The number of hydrogen-bond acceptors (Lipinski definition) is 2. The van der Waals surface area contributed by atoms with E-state index in [0.29, 0.717) is 0 Å². The monoisotopic (exact) mass is 245 g/mol. The number of esters is 1. The molecule has 0 aliphatic carbocycles. The molecule has 2 nitrogen and oxygen atoms in total. The van der Waals surface area contributed by atoms with Crippen molar-refractivity contribution in [3.63, 3.8) is 0 Å². The second-order valence-electron chi connectivity index (χ2n) is 4.70. The molecule has 0 heterocycles. The highest BCUT2D eigenvalue weighted by atomic mass is 19.4. The first-order valence-corrected chi connectivity index (χ1v) is 5.13. The molecule has 0 unspecified atom stereocenters.